The quantitative estimate of drug-likeness (QED) is 0.0638. The summed E-state index contributed by atoms with van der Waals surface area (Å²) < 4.78 is 132. The molecule has 8 aromatic rings. The Labute approximate surface area is 438 Å². The zero-order valence-electron chi connectivity index (χ0n) is 42.1. The van der Waals surface area contributed by atoms with Crippen molar-refractivity contribution in [3.63, 3.8) is 0 Å². The van der Waals surface area contributed by atoms with Gasteiger partial charge in [0.25, 0.3) is 0 Å². The molecule has 5 N–H and O–H groups in total. The monoisotopic (exact) mass is 1090 g/mol. The summed E-state index contributed by atoms with van der Waals surface area (Å²) in [6, 6.07) is 20.6. The Morgan fingerprint density at radius 3 is 1.49 bits per heavy atom. The van der Waals surface area contributed by atoms with Gasteiger partial charge in [-0.15, -0.1) is 10.2 Å². The third-order valence-electron chi connectivity index (χ3n) is 13.6. The number of alkyl halides is 6. The molecule has 2 aromatic carbocycles. The molecule has 412 valence electrons. The molecule has 2 saturated carbocycles. The average Bonchev–Trinajstić information content (AvgIpc) is 4.31. The highest BCUT2D eigenvalue weighted by Crippen LogP contribution is 2.45. The predicted molar refractivity (Wildman–Crippen MR) is 264 cm³/mol. The fourth-order valence-corrected chi connectivity index (χ4v) is 9.89. The van der Waals surface area contributed by atoms with Crippen LogP contribution in [0, 0.1) is 11.6 Å². The van der Waals surface area contributed by atoms with E-state index in [1.54, 1.807) is 24.5 Å². The maximum atomic E-state index is 14.6. The predicted octanol–water partition coefficient (Wildman–Crippen LogP) is 11.0. The second-order valence-electron chi connectivity index (χ2n) is 20.2. The molecule has 0 saturated heterocycles. The highest BCUT2D eigenvalue weighted by molar-refractivity contribution is 5.53. The van der Waals surface area contributed by atoms with E-state index in [9.17, 15) is 44.7 Å². The fraction of sp³-hybridized carbons (Fsp3) is 0.385. The summed E-state index contributed by atoms with van der Waals surface area (Å²) >= 11 is 0. The van der Waals surface area contributed by atoms with Crippen molar-refractivity contribution in [1.29, 1.82) is 0 Å². The number of halogens is 8. The lowest BCUT2D eigenvalue weighted by Crippen LogP contribution is -2.38. The van der Waals surface area contributed by atoms with Crippen LogP contribution in [0.5, 0.6) is 11.5 Å². The second-order valence-corrected chi connectivity index (χ2v) is 20.2. The van der Waals surface area contributed by atoms with E-state index in [1.165, 1.54) is 12.1 Å². The molecule has 0 atom stereocenters. The molecule has 0 aliphatic heterocycles. The standard InChI is InChI=1S/C28H30F4N6O3.C24H22F4N6O3/c1-26(2,3)38-22(12-15-33-38)35-21-9-4-6-17(34-21)16-27(24-36-37-25(39)41-24)13-10-18(11-14-27)40-20-8-5-7-19(23(20)29)28(30,31)32;25-20-16(24(26,27)28)4-2-5-17(20)36-15-7-10-23(11-8-15,21-33-34-22(35)37-21)13-14-3-1-6-18(30-14)31-19-9-12-29-32-19/h4-9,12,15,18H,10-11,13-14,16H2,1-3H3,(H,34,35)(H,37,39);1-6,9,12,15H,7-8,10-11,13H2,(H,34,35)(H2,29,30,31,32). The number of nitrogens with one attached hydrogen (secondary N) is 5. The summed E-state index contributed by atoms with van der Waals surface area (Å²) in [5.41, 5.74) is -3.02. The Balaban J connectivity index is 0.000000191. The molecule has 0 bridgehead atoms. The number of aromatic amines is 3. The van der Waals surface area contributed by atoms with Gasteiger partial charge in [0.2, 0.25) is 11.8 Å². The summed E-state index contributed by atoms with van der Waals surface area (Å²) in [5, 5.41) is 30.3. The summed E-state index contributed by atoms with van der Waals surface area (Å²) in [4.78, 5) is 33.0. The molecular weight excluding hydrogens is 1040 g/mol. The number of pyridine rings is 2. The average molecular weight is 1090 g/mol. The zero-order valence-corrected chi connectivity index (χ0v) is 42.1. The van der Waals surface area contributed by atoms with Crippen LogP contribution < -0.4 is 31.6 Å². The molecule has 0 spiro atoms. The van der Waals surface area contributed by atoms with Crippen LogP contribution in [0.15, 0.2) is 116 Å². The van der Waals surface area contributed by atoms with E-state index < -0.39 is 81.2 Å². The molecule has 0 unspecified atom stereocenters. The topological polar surface area (TPSA) is 233 Å². The fourth-order valence-electron chi connectivity index (χ4n) is 9.89. The number of aromatic nitrogens is 10. The van der Waals surface area contributed by atoms with E-state index in [2.05, 4.69) is 51.3 Å². The normalized spacial score (nSPS) is 19.9. The molecule has 18 nitrogen and oxygen atoms in total. The Bertz CT molecular complexity index is 3420. The van der Waals surface area contributed by atoms with Crippen molar-refractivity contribution in [3.8, 4) is 11.5 Å². The number of rotatable bonds is 14. The van der Waals surface area contributed by atoms with Gasteiger partial charge in [-0.1, -0.05) is 24.3 Å². The van der Waals surface area contributed by atoms with Gasteiger partial charge in [0.1, 0.15) is 23.3 Å². The van der Waals surface area contributed by atoms with Gasteiger partial charge < -0.3 is 28.9 Å². The van der Waals surface area contributed by atoms with E-state index >= 15 is 0 Å². The number of benzene rings is 2. The van der Waals surface area contributed by atoms with E-state index in [-0.39, 0.29) is 17.3 Å². The Morgan fingerprint density at radius 2 is 1.08 bits per heavy atom. The molecule has 26 heteroatoms. The molecule has 6 heterocycles. The number of nitrogens with zero attached hydrogens (tertiary/aromatic N) is 7. The number of ether oxygens (including phenoxy) is 2. The van der Waals surface area contributed by atoms with E-state index in [4.69, 9.17) is 23.3 Å². The van der Waals surface area contributed by atoms with Gasteiger partial charge in [-0.05, 0) is 121 Å². The molecule has 78 heavy (non-hydrogen) atoms. The smallest absolute Gasteiger partial charge is 0.434 e. The third-order valence-corrected chi connectivity index (χ3v) is 13.6. The summed E-state index contributed by atoms with van der Waals surface area (Å²) in [6.07, 6.45) is -3.48. The van der Waals surface area contributed by atoms with Crippen molar-refractivity contribution in [1.82, 2.24) is 50.3 Å². The van der Waals surface area contributed by atoms with Gasteiger partial charge in [0.05, 0.1) is 52.1 Å². The van der Waals surface area contributed by atoms with Gasteiger partial charge in [0.15, 0.2) is 23.1 Å². The molecular formula is C52H52F8N12O6. The summed E-state index contributed by atoms with van der Waals surface area (Å²) in [7, 11) is 0. The summed E-state index contributed by atoms with van der Waals surface area (Å²) in [5.74, 6) is -2.09. The summed E-state index contributed by atoms with van der Waals surface area (Å²) in [6.45, 7) is 6.12. The molecule has 2 aliphatic rings. The molecule has 10 rings (SSSR count). The van der Waals surface area contributed by atoms with Crippen LogP contribution in [0.25, 0.3) is 0 Å². The molecule has 6 aromatic heterocycles. The minimum atomic E-state index is -4.83. The first kappa shape index (κ1) is 54.5. The van der Waals surface area contributed by atoms with Gasteiger partial charge >= 0.3 is 23.9 Å². The van der Waals surface area contributed by atoms with Gasteiger partial charge in [0, 0.05) is 36.4 Å². The number of hydrogen-bond donors (Lipinski definition) is 5. The molecule has 0 radical (unpaired) electrons. The lowest BCUT2D eigenvalue weighted by molar-refractivity contribution is -0.141. The van der Waals surface area contributed by atoms with Crippen LogP contribution >= 0.6 is 0 Å². The van der Waals surface area contributed by atoms with Crippen molar-refractivity contribution in [2.24, 2.45) is 0 Å². The number of hydrogen-bond acceptors (Lipinski definition) is 14. The lowest BCUT2D eigenvalue weighted by atomic mass is 9.70. The van der Waals surface area contributed by atoms with Crippen LogP contribution in [0.4, 0.5) is 58.4 Å². The zero-order chi connectivity index (χ0) is 55.5. The SMILES string of the molecule is CC(C)(C)n1nccc1Nc1cccc(CC2(c3n[nH]c(=O)o3)CCC(Oc3cccc(C(F)(F)F)c3F)CC2)n1.O=c1[nH]nc(C2(Cc3cccc(Nc4ccn[nH]4)n3)CCC(Oc3cccc(C(F)(F)F)c3F)CC2)o1. The first-order chi connectivity index (χ1) is 37.1. The van der Waals surface area contributed by atoms with Crippen molar-refractivity contribution in [2.45, 2.75) is 126 Å². The largest absolute Gasteiger partial charge is 0.487 e. The maximum absolute atomic E-state index is 14.6. The van der Waals surface area contributed by atoms with Crippen LogP contribution in [-0.4, -0.2) is 62.5 Å². The highest BCUT2D eigenvalue weighted by atomic mass is 19.4. The number of H-pyrrole nitrogens is 3. The Morgan fingerprint density at radius 1 is 0.615 bits per heavy atom. The van der Waals surface area contributed by atoms with Crippen molar-refractivity contribution in [3.05, 3.63) is 164 Å². The first-order valence-electron chi connectivity index (χ1n) is 24.7. The second kappa shape index (κ2) is 22.0. The van der Waals surface area contributed by atoms with Crippen LogP contribution in [0.1, 0.15) is 106 Å². The maximum Gasteiger partial charge on any atom is 0.434 e. The Kier molecular flexibility index (Phi) is 15.3. The number of anilines is 4. The van der Waals surface area contributed by atoms with Crippen molar-refractivity contribution < 1.29 is 53.4 Å². The van der Waals surface area contributed by atoms with Crippen LogP contribution in [-0.2, 0) is 41.6 Å². The molecule has 2 fully saturated rings. The minimum Gasteiger partial charge on any atom is -0.487 e. The van der Waals surface area contributed by atoms with Gasteiger partial charge in [-0.2, -0.15) is 36.5 Å². The van der Waals surface area contributed by atoms with Crippen molar-refractivity contribution in [2.75, 3.05) is 10.6 Å². The first-order valence-corrected chi connectivity index (χ1v) is 24.7. The molecule has 2 aliphatic carbocycles. The molecule has 0 amide bonds. The van der Waals surface area contributed by atoms with Crippen LogP contribution in [0.2, 0.25) is 0 Å². The van der Waals surface area contributed by atoms with E-state index in [0.29, 0.717) is 105 Å². The van der Waals surface area contributed by atoms with Crippen LogP contribution in [0.3, 0.4) is 0 Å². The third kappa shape index (κ3) is 12.6. The highest BCUT2D eigenvalue weighted by Gasteiger charge is 2.45. The van der Waals surface area contributed by atoms with Crippen molar-refractivity contribution >= 4 is 23.3 Å². The lowest BCUT2D eigenvalue weighted by Gasteiger charge is -2.37. The van der Waals surface area contributed by atoms with E-state index in [1.807, 2.05) is 61.9 Å². The van der Waals surface area contributed by atoms with Gasteiger partial charge in [-0.25, -0.2) is 43.2 Å². The van der Waals surface area contributed by atoms with Gasteiger partial charge in [-0.3, -0.25) is 5.10 Å². The minimum absolute atomic E-state index is 0.218. The Hall–Kier alpha value is -8.32. The van der Waals surface area contributed by atoms with E-state index in [0.717, 1.165) is 18.0 Å².